The molecule has 1 aliphatic rings. The van der Waals surface area contributed by atoms with Crippen molar-refractivity contribution >= 4 is 11.9 Å². The first-order chi connectivity index (χ1) is 5.54. The second-order valence-corrected chi connectivity index (χ2v) is 3.21. The second-order valence-electron chi connectivity index (χ2n) is 3.21. The van der Waals surface area contributed by atoms with Crippen LogP contribution in [0.5, 0.6) is 0 Å². The molecule has 68 valence electrons. The summed E-state index contributed by atoms with van der Waals surface area (Å²) in [6.07, 6.45) is 1.37. The maximum Gasteiger partial charge on any atom is 0.326 e. The van der Waals surface area contributed by atoms with E-state index in [2.05, 4.69) is 0 Å². The zero-order chi connectivity index (χ0) is 9.30. The summed E-state index contributed by atoms with van der Waals surface area (Å²) >= 11 is 0. The quantitative estimate of drug-likeness (QED) is 0.624. The van der Waals surface area contributed by atoms with Gasteiger partial charge in [0, 0.05) is 13.0 Å². The summed E-state index contributed by atoms with van der Waals surface area (Å²) in [6.45, 7) is 3.29. The smallest absolute Gasteiger partial charge is 0.326 e. The van der Waals surface area contributed by atoms with E-state index in [0.29, 0.717) is 6.42 Å². The van der Waals surface area contributed by atoms with Crippen LogP contribution in [-0.2, 0) is 9.59 Å². The molecule has 0 saturated carbocycles. The Balaban J connectivity index is 2.77. The summed E-state index contributed by atoms with van der Waals surface area (Å²) < 4.78 is 0. The van der Waals surface area contributed by atoms with Gasteiger partial charge in [0.1, 0.15) is 6.04 Å². The average molecular weight is 171 g/mol. The van der Waals surface area contributed by atoms with Gasteiger partial charge in [-0.25, -0.2) is 4.79 Å². The van der Waals surface area contributed by atoms with Crippen LogP contribution in [0.1, 0.15) is 26.7 Å². The molecule has 4 nitrogen and oxygen atoms in total. The van der Waals surface area contributed by atoms with Crippen molar-refractivity contribution in [3.05, 3.63) is 0 Å². The highest BCUT2D eigenvalue weighted by Crippen LogP contribution is 2.23. The van der Waals surface area contributed by atoms with E-state index in [4.69, 9.17) is 5.11 Å². The first-order valence-electron chi connectivity index (χ1n) is 4.05. The Labute approximate surface area is 71.2 Å². The Morgan fingerprint density at radius 3 is 2.33 bits per heavy atom. The highest BCUT2D eigenvalue weighted by atomic mass is 16.4. The number of hydrogen-bond acceptors (Lipinski definition) is 2. The van der Waals surface area contributed by atoms with E-state index in [9.17, 15) is 9.59 Å². The lowest BCUT2D eigenvalue weighted by atomic mass is 10.2. The van der Waals surface area contributed by atoms with Crippen molar-refractivity contribution in [2.75, 3.05) is 0 Å². The molecule has 0 aromatic heterocycles. The fourth-order valence-electron chi connectivity index (χ4n) is 1.76. The van der Waals surface area contributed by atoms with Crippen LogP contribution in [0.4, 0.5) is 0 Å². The summed E-state index contributed by atoms with van der Waals surface area (Å²) in [6, 6.07) is -0.527. The first kappa shape index (κ1) is 9.03. The van der Waals surface area contributed by atoms with Gasteiger partial charge in [-0.3, -0.25) is 4.79 Å². The number of carboxylic acid groups (broad SMARTS) is 1. The Morgan fingerprint density at radius 1 is 1.42 bits per heavy atom. The lowest BCUT2D eigenvalue weighted by molar-refractivity contribution is -0.148. The van der Waals surface area contributed by atoms with E-state index in [1.807, 2.05) is 6.92 Å². The summed E-state index contributed by atoms with van der Waals surface area (Å²) in [7, 11) is 0. The Hall–Kier alpha value is -1.06. The van der Waals surface area contributed by atoms with Crippen molar-refractivity contribution < 1.29 is 14.7 Å². The van der Waals surface area contributed by atoms with Crippen LogP contribution in [-0.4, -0.2) is 34.0 Å². The van der Waals surface area contributed by atoms with Crippen molar-refractivity contribution in [3.8, 4) is 0 Å². The molecule has 1 aliphatic heterocycles. The third-order valence-corrected chi connectivity index (χ3v) is 2.32. The fourth-order valence-corrected chi connectivity index (χ4v) is 1.76. The molecular weight excluding hydrogens is 158 g/mol. The maximum atomic E-state index is 11.0. The SMILES string of the molecule is CC(=O)N1C(C)CCC1C(=O)O. The van der Waals surface area contributed by atoms with Gasteiger partial charge in [-0.1, -0.05) is 0 Å². The molecule has 0 aromatic rings. The number of carboxylic acids is 1. The van der Waals surface area contributed by atoms with Crippen LogP contribution in [0.3, 0.4) is 0 Å². The summed E-state index contributed by atoms with van der Waals surface area (Å²) in [5, 5.41) is 8.76. The van der Waals surface area contributed by atoms with Gasteiger partial charge in [-0.15, -0.1) is 0 Å². The summed E-state index contributed by atoms with van der Waals surface area (Å²) in [5.74, 6) is -1.04. The zero-order valence-corrected chi connectivity index (χ0v) is 7.28. The Bertz CT molecular complexity index is 214. The molecule has 1 N–H and O–H groups in total. The molecule has 0 spiro atoms. The van der Waals surface area contributed by atoms with Crippen LogP contribution in [0.2, 0.25) is 0 Å². The van der Waals surface area contributed by atoms with Crippen molar-refractivity contribution in [2.45, 2.75) is 38.8 Å². The van der Waals surface area contributed by atoms with E-state index in [1.165, 1.54) is 11.8 Å². The molecule has 12 heavy (non-hydrogen) atoms. The van der Waals surface area contributed by atoms with Gasteiger partial charge in [-0.05, 0) is 19.8 Å². The largest absolute Gasteiger partial charge is 0.480 e. The summed E-state index contributed by atoms with van der Waals surface area (Å²) in [5.41, 5.74) is 0. The zero-order valence-electron chi connectivity index (χ0n) is 7.28. The topological polar surface area (TPSA) is 57.6 Å². The molecule has 1 rings (SSSR count). The second kappa shape index (κ2) is 3.13. The number of carbonyl (C=O) groups is 2. The molecule has 4 heteroatoms. The van der Waals surface area contributed by atoms with E-state index >= 15 is 0 Å². The summed E-state index contributed by atoms with van der Waals surface area (Å²) in [4.78, 5) is 23.1. The van der Waals surface area contributed by atoms with E-state index in [0.717, 1.165) is 6.42 Å². The normalized spacial score (nSPS) is 29.0. The average Bonchev–Trinajstić information content (AvgIpc) is 2.30. The molecule has 2 atom stereocenters. The van der Waals surface area contributed by atoms with Gasteiger partial charge in [0.25, 0.3) is 0 Å². The predicted octanol–water partition coefficient (Wildman–Crippen LogP) is 0.470. The highest BCUT2D eigenvalue weighted by Gasteiger charge is 2.36. The van der Waals surface area contributed by atoms with Crippen molar-refractivity contribution in [2.24, 2.45) is 0 Å². The van der Waals surface area contributed by atoms with Gasteiger partial charge < -0.3 is 10.0 Å². The molecule has 0 aromatic carbocycles. The lowest BCUT2D eigenvalue weighted by Crippen LogP contribution is -2.42. The lowest BCUT2D eigenvalue weighted by Gasteiger charge is -2.24. The number of hydrogen-bond donors (Lipinski definition) is 1. The minimum Gasteiger partial charge on any atom is -0.480 e. The van der Waals surface area contributed by atoms with E-state index in [1.54, 1.807) is 0 Å². The monoisotopic (exact) mass is 171 g/mol. The van der Waals surface area contributed by atoms with Gasteiger partial charge >= 0.3 is 5.97 Å². The van der Waals surface area contributed by atoms with Crippen molar-refractivity contribution in [3.63, 3.8) is 0 Å². The van der Waals surface area contributed by atoms with Crippen LogP contribution in [0, 0.1) is 0 Å². The first-order valence-corrected chi connectivity index (χ1v) is 4.05. The molecule has 1 heterocycles. The molecule has 1 saturated heterocycles. The number of amides is 1. The predicted molar refractivity (Wildman–Crippen MR) is 42.6 cm³/mol. The van der Waals surface area contributed by atoms with Crippen LogP contribution in [0.15, 0.2) is 0 Å². The van der Waals surface area contributed by atoms with Crippen LogP contribution >= 0.6 is 0 Å². The molecule has 0 aliphatic carbocycles. The van der Waals surface area contributed by atoms with Gasteiger partial charge in [0.2, 0.25) is 5.91 Å². The molecule has 1 amide bonds. The minimum atomic E-state index is -0.894. The Morgan fingerprint density at radius 2 is 2.00 bits per heavy atom. The maximum absolute atomic E-state index is 11.0. The number of likely N-dealkylation sites (tertiary alicyclic amines) is 1. The van der Waals surface area contributed by atoms with Gasteiger partial charge in [-0.2, -0.15) is 0 Å². The Kier molecular flexibility index (Phi) is 2.35. The number of rotatable bonds is 1. The minimum absolute atomic E-state index is 0.0728. The van der Waals surface area contributed by atoms with Gasteiger partial charge in [0.05, 0.1) is 0 Å². The van der Waals surface area contributed by atoms with Crippen molar-refractivity contribution in [1.82, 2.24) is 4.90 Å². The molecule has 0 radical (unpaired) electrons. The molecule has 2 unspecified atom stereocenters. The fraction of sp³-hybridized carbons (Fsp3) is 0.750. The van der Waals surface area contributed by atoms with Crippen LogP contribution < -0.4 is 0 Å². The molecular formula is C8H13NO3. The van der Waals surface area contributed by atoms with E-state index in [-0.39, 0.29) is 11.9 Å². The molecule has 1 fully saturated rings. The van der Waals surface area contributed by atoms with Crippen LogP contribution in [0.25, 0.3) is 0 Å². The number of nitrogens with zero attached hydrogens (tertiary/aromatic N) is 1. The van der Waals surface area contributed by atoms with Crippen molar-refractivity contribution in [1.29, 1.82) is 0 Å². The number of carbonyl (C=O) groups excluding carboxylic acids is 1. The van der Waals surface area contributed by atoms with E-state index < -0.39 is 12.0 Å². The standard InChI is InChI=1S/C8H13NO3/c1-5-3-4-7(8(11)12)9(5)6(2)10/h5,7H,3-4H2,1-2H3,(H,11,12). The number of aliphatic carboxylic acids is 1. The highest BCUT2D eigenvalue weighted by molar-refractivity contribution is 5.83. The third-order valence-electron chi connectivity index (χ3n) is 2.32. The van der Waals surface area contributed by atoms with Gasteiger partial charge in [0.15, 0.2) is 0 Å². The molecule has 0 bridgehead atoms. The third kappa shape index (κ3) is 1.42.